The van der Waals surface area contributed by atoms with Gasteiger partial charge in [-0.1, -0.05) is 0 Å². The minimum absolute atomic E-state index is 0.719. The van der Waals surface area contributed by atoms with Crippen LogP contribution in [0.5, 0.6) is 0 Å². The van der Waals surface area contributed by atoms with Gasteiger partial charge >= 0.3 is 0 Å². The molecule has 4 heteroatoms. The lowest BCUT2D eigenvalue weighted by molar-refractivity contribution is 0.0878. The molecule has 0 radical (unpaired) electrons. The Morgan fingerprint density at radius 1 is 0.640 bits per heavy atom. The van der Waals surface area contributed by atoms with Gasteiger partial charge in [0, 0.05) is 24.8 Å². The molecule has 2 aromatic rings. The van der Waals surface area contributed by atoms with Gasteiger partial charge in [-0.15, -0.1) is 0 Å². The molecule has 25 heavy (non-hydrogen) atoms. The van der Waals surface area contributed by atoms with Crippen molar-refractivity contribution in [1.29, 1.82) is 0 Å². The van der Waals surface area contributed by atoms with Crippen LogP contribution in [0.15, 0.2) is 49.1 Å². The van der Waals surface area contributed by atoms with Gasteiger partial charge < -0.3 is 0 Å². The highest BCUT2D eigenvalue weighted by Gasteiger charge is 2.25. The first kappa shape index (κ1) is 16.7. The van der Waals surface area contributed by atoms with E-state index in [4.69, 9.17) is 0 Å². The van der Waals surface area contributed by atoms with Crippen molar-refractivity contribution in [3.63, 3.8) is 0 Å². The summed E-state index contributed by atoms with van der Waals surface area (Å²) in [5.74, 6) is 1.44. The molecule has 0 aliphatic carbocycles. The Bertz CT molecular complexity index is 572. The zero-order valence-corrected chi connectivity index (χ0v) is 14.9. The minimum atomic E-state index is 0.719. The van der Waals surface area contributed by atoms with E-state index in [1.165, 1.54) is 63.0 Å². The maximum absolute atomic E-state index is 4.14. The quantitative estimate of drug-likeness (QED) is 0.855. The molecule has 2 aliphatic rings. The van der Waals surface area contributed by atoms with Crippen molar-refractivity contribution in [3.8, 4) is 0 Å². The van der Waals surface area contributed by atoms with Crippen LogP contribution >= 0.6 is 0 Å². The van der Waals surface area contributed by atoms with E-state index in [1.54, 1.807) is 0 Å². The Hall–Kier alpha value is -1.78. The molecule has 0 saturated carbocycles. The molecule has 0 amide bonds. The highest BCUT2D eigenvalue weighted by Crippen LogP contribution is 2.30. The lowest BCUT2D eigenvalue weighted by Crippen LogP contribution is -2.44. The van der Waals surface area contributed by atoms with Gasteiger partial charge in [-0.05, 0) is 99.1 Å². The SMILES string of the molecule is c1cc(C2CCN(CN3CCC(c4ccncc4)CC3)CC2)ccn1. The molecule has 0 spiro atoms. The largest absolute Gasteiger partial charge is 0.290 e. The molecule has 4 rings (SSSR count). The number of pyridine rings is 2. The summed E-state index contributed by atoms with van der Waals surface area (Å²) in [4.78, 5) is 13.6. The van der Waals surface area contributed by atoms with Crippen LogP contribution in [0.2, 0.25) is 0 Å². The molecule has 0 aromatic carbocycles. The van der Waals surface area contributed by atoms with Crippen molar-refractivity contribution in [2.24, 2.45) is 0 Å². The lowest BCUT2D eigenvalue weighted by Gasteiger charge is -2.38. The number of hydrogen-bond donors (Lipinski definition) is 0. The maximum Gasteiger partial charge on any atom is 0.0506 e. The third-order valence-corrected chi connectivity index (χ3v) is 5.93. The van der Waals surface area contributed by atoms with Crippen molar-refractivity contribution < 1.29 is 0 Å². The predicted molar refractivity (Wildman–Crippen MR) is 100 cm³/mol. The first-order valence-electron chi connectivity index (χ1n) is 9.63. The van der Waals surface area contributed by atoms with Crippen LogP contribution in [0.25, 0.3) is 0 Å². The number of aromatic nitrogens is 2. The van der Waals surface area contributed by atoms with Gasteiger partial charge in [0.1, 0.15) is 0 Å². The third kappa shape index (κ3) is 4.25. The Labute approximate surface area is 150 Å². The van der Waals surface area contributed by atoms with Crippen molar-refractivity contribution in [3.05, 3.63) is 60.2 Å². The van der Waals surface area contributed by atoms with E-state index in [0.717, 1.165) is 18.5 Å². The summed E-state index contributed by atoms with van der Waals surface area (Å²) in [5, 5.41) is 0. The molecule has 4 nitrogen and oxygen atoms in total. The van der Waals surface area contributed by atoms with E-state index in [1.807, 2.05) is 24.8 Å². The van der Waals surface area contributed by atoms with E-state index in [2.05, 4.69) is 44.0 Å². The van der Waals surface area contributed by atoms with E-state index >= 15 is 0 Å². The molecule has 132 valence electrons. The Morgan fingerprint density at radius 3 is 1.36 bits per heavy atom. The molecule has 2 aliphatic heterocycles. The predicted octanol–water partition coefficient (Wildman–Crippen LogP) is 3.49. The van der Waals surface area contributed by atoms with Crippen molar-refractivity contribution in [2.45, 2.75) is 37.5 Å². The first-order valence-corrected chi connectivity index (χ1v) is 9.63. The van der Waals surface area contributed by atoms with Crippen LogP contribution in [0.4, 0.5) is 0 Å². The van der Waals surface area contributed by atoms with Gasteiger partial charge in [-0.25, -0.2) is 0 Å². The van der Waals surface area contributed by atoms with Crippen molar-refractivity contribution in [1.82, 2.24) is 19.8 Å². The van der Waals surface area contributed by atoms with Crippen LogP contribution in [-0.4, -0.2) is 52.6 Å². The molecule has 2 aromatic heterocycles. The van der Waals surface area contributed by atoms with Crippen LogP contribution in [0.3, 0.4) is 0 Å². The first-order chi connectivity index (χ1) is 12.4. The summed E-state index contributed by atoms with van der Waals surface area (Å²) in [6, 6.07) is 8.74. The number of piperidine rings is 2. The molecular formula is C21H28N4. The molecule has 0 unspecified atom stereocenters. The van der Waals surface area contributed by atoms with Crippen LogP contribution in [0.1, 0.15) is 48.6 Å². The third-order valence-electron chi connectivity index (χ3n) is 5.93. The fourth-order valence-corrected chi connectivity index (χ4v) is 4.37. The molecule has 2 fully saturated rings. The van der Waals surface area contributed by atoms with E-state index in [0.29, 0.717) is 0 Å². The summed E-state index contributed by atoms with van der Waals surface area (Å²) in [7, 11) is 0. The highest BCUT2D eigenvalue weighted by atomic mass is 15.3. The fourth-order valence-electron chi connectivity index (χ4n) is 4.37. The van der Waals surface area contributed by atoms with Crippen LogP contribution in [0, 0.1) is 0 Å². The van der Waals surface area contributed by atoms with Crippen LogP contribution < -0.4 is 0 Å². The minimum Gasteiger partial charge on any atom is -0.290 e. The number of rotatable bonds is 4. The van der Waals surface area contributed by atoms with Crippen molar-refractivity contribution in [2.75, 3.05) is 32.8 Å². The smallest absolute Gasteiger partial charge is 0.0506 e. The zero-order chi connectivity index (χ0) is 16.9. The second-order valence-corrected chi connectivity index (χ2v) is 7.49. The summed E-state index contributed by atoms with van der Waals surface area (Å²) < 4.78 is 0. The normalized spacial score (nSPS) is 21.4. The standard InChI is InChI=1S/C21H28N4/c1-9-22-10-2-18(1)20-5-13-24(14-6-20)17-25-15-7-21(8-16-25)19-3-11-23-12-4-19/h1-4,9-12,20-21H,5-8,13-17H2. The van der Waals surface area contributed by atoms with Crippen molar-refractivity contribution >= 4 is 0 Å². The molecule has 0 atom stereocenters. The molecule has 0 N–H and O–H groups in total. The van der Waals surface area contributed by atoms with Gasteiger partial charge in [-0.2, -0.15) is 0 Å². The average molecular weight is 336 g/mol. The van der Waals surface area contributed by atoms with Gasteiger partial charge in [0.15, 0.2) is 0 Å². The second kappa shape index (κ2) is 8.07. The molecule has 0 bridgehead atoms. The number of likely N-dealkylation sites (tertiary alicyclic amines) is 2. The summed E-state index contributed by atoms with van der Waals surface area (Å²) in [6.07, 6.45) is 12.8. The van der Waals surface area contributed by atoms with Gasteiger partial charge in [0.2, 0.25) is 0 Å². The van der Waals surface area contributed by atoms with E-state index in [-0.39, 0.29) is 0 Å². The summed E-state index contributed by atoms with van der Waals surface area (Å²) in [5.41, 5.74) is 2.93. The summed E-state index contributed by atoms with van der Waals surface area (Å²) >= 11 is 0. The Kier molecular flexibility index (Phi) is 5.38. The van der Waals surface area contributed by atoms with Gasteiger partial charge in [0.25, 0.3) is 0 Å². The van der Waals surface area contributed by atoms with E-state index in [9.17, 15) is 0 Å². The number of hydrogen-bond acceptors (Lipinski definition) is 4. The summed E-state index contributed by atoms with van der Waals surface area (Å²) in [6.45, 7) is 6.02. The maximum atomic E-state index is 4.14. The second-order valence-electron chi connectivity index (χ2n) is 7.49. The van der Waals surface area contributed by atoms with Gasteiger partial charge in [-0.3, -0.25) is 19.8 Å². The monoisotopic (exact) mass is 336 g/mol. The van der Waals surface area contributed by atoms with E-state index < -0.39 is 0 Å². The van der Waals surface area contributed by atoms with Crippen LogP contribution in [-0.2, 0) is 0 Å². The Morgan fingerprint density at radius 2 is 1.00 bits per heavy atom. The van der Waals surface area contributed by atoms with Gasteiger partial charge in [0.05, 0.1) is 6.67 Å². The topological polar surface area (TPSA) is 32.3 Å². The zero-order valence-electron chi connectivity index (χ0n) is 14.9. The average Bonchev–Trinajstić information content (AvgIpc) is 2.71. The molecule has 4 heterocycles. The number of nitrogens with zero attached hydrogens (tertiary/aromatic N) is 4. The Balaban J connectivity index is 1.22. The highest BCUT2D eigenvalue weighted by molar-refractivity contribution is 5.17. The molecular weight excluding hydrogens is 308 g/mol. The molecule has 2 saturated heterocycles. The fraction of sp³-hybridized carbons (Fsp3) is 0.524. The lowest BCUT2D eigenvalue weighted by atomic mass is 9.89.